The van der Waals surface area contributed by atoms with E-state index < -0.39 is 0 Å². The molecule has 0 bridgehead atoms. The van der Waals surface area contributed by atoms with Crippen molar-refractivity contribution < 1.29 is 4.79 Å². The summed E-state index contributed by atoms with van der Waals surface area (Å²) in [5.74, 6) is 0.528. The van der Waals surface area contributed by atoms with E-state index in [1.54, 1.807) is 17.7 Å². The first-order chi connectivity index (χ1) is 12.0. The van der Waals surface area contributed by atoms with Crippen molar-refractivity contribution in [2.45, 2.75) is 26.8 Å². The summed E-state index contributed by atoms with van der Waals surface area (Å²) in [5.41, 5.74) is 2.79. The van der Waals surface area contributed by atoms with Crippen molar-refractivity contribution in [3.63, 3.8) is 0 Å². The van der Waals surface area contributed by atoms with E-state index >= 15 is 0 Å². The molecule has 0 saturated carbocycles. The number of tetrazole rings is 1. The minimum absolute atomic E-state index is 0.135. The van der Waals surface area contributed by atoms with Crippen molar-refractivity contribution in [3.8, 4) is 11.3 Å². The Labute approximate surface area is 143 Å². The third-order valence-corrected chi connectivity index (χ3v) is 3.75. The molecule has 0 aliphatic carbocycles. The van der Waals surface area contributed by atoms with Gasteiger partial charge in [0.05, 0.1) is 12.2 Å². The van der Waals surface area contributed by atoms with Gasteiger partial charge in [0.2, 0.25) is 5.91 Å². The van der Waals surface area contributed by atoms with Crippen molar-refractivity contribution in [1.82, 2.24) is 30.4 Å². The normalized spacial score (nSPS) is 10.6. The summed E-state index contributed by atoms with van der Waals surface area (Å²) in [7, 11) is 0. The molecule has 128 valence electrons. The number of aromatic amines is 1. The molecule has 0 unspecified atom stereocenters. The smallest absolute Gasteiger partial charge is 0.264 e. The summed E-state index contributed by atoms with van der Waals surface area (Å²) in [6.45, 7) is 4.10. The lowest BCUT2D eigenvalue weighted by Crippen LogP contribution is -2.16. The van der Waals surface area contributed by atoms with E-state index in [1.807, 2.05) is 25.1 Å². The molecule has 3 rings (SSSR count). The average molecular weight is 339 g/mol. The maximum Gasteiger partial charge on any atom is 0.264 e. The number of aromatic nitrogens is 6. The monoisotopic (exact) mass is 339 g/mol. The van der Waals surface area contributed by atoms with Gasteiger partial charge in [-0.1, -0.05) is 12.1 Å². The van der Waals surface area contributed by atoms with Crippen LogP contribution < -0.4 is 10.9 Å². The summed E-state index contributed by atoms with van der Waals surface area (Å²) in [6.07, 6.45) is 0.256. The Balaban J connectivity index is 1.72. The molecule has 3 aromatic rings. The molecule has 2 N–H and O–H groups in total. The highest BCUT2D eigenvalue weighted by molar-refractivity contribution is 5.92. The maximum atomic E-state index is 12.2. The molecule has 0 atom stereocenters. The number of hydrogen-bond acceptors (Lipinski definition) is 6. The van der Waals surface area contributed by atoms with E-state index in [1.165, 1.54) is 6.07 Å². The molecule has 1 amide bonds. The fourth-order valence-corrected chi connectivity index (χ4v) is 2.30. The van der Waals surface area contributed by atoms with Crippen molar-refractivity contribution in [2.75, 3.05) is 5.32 Å². The van der Waals surface area contributed by atoms with Gasteiger partial charge in [0.15, 0.2) is 0 Å². The predicted molar refractivity (Wildman–Crippen MR) is 90.8 cm³/mol. The SMILES string of the molecule is Cc1ccc(-c2ccc(=O)[nH]n2)cc1NC(=O)CCn1nnnc1C. The fraction of sp³-hybridized carbons (Fsp3) is 0.250. The van der Waals surface area contributed by atoms with Crippen molar-refractivity contribution in [3.05, 3.63) is 52.1 Å². The molecule has 0 aliphatic heterocycles. The van der Waals surface area contributed by atoms with Crippen molar-refractivity contribution >= 4 is 11.6 Å². The summed E-state index contributed by atoms with van der Waals surface area (Å²) in [6, 6.07) is 8.65. The van der Waals surface area contributed by atoms with Crippen molar-refractivity contribution in [2.24, 2.45) is 0 Å². The van der Waals surface area contributed by atoms with Gasteiger partial charge in [-0.2, -0.15) is 5.10 Å². The fourth-order valence-electron chi connectivity index (χ4n) is 2.30. The number of anilines is 1. The highest BCUT2D eigenvalue weighted by Gasteiger charge is 2.09. The highest BCUT2D eigenvalue weighted by Crippen LogP contribution is 2.23. The van der Waals surface area contributed by atoms with E-state index in [2.05, 4.69) is 31.0 Å². The third kappa shape index (κ3) is 3.94. The zero-order valence-corrected chi connectivity index (χ0v) is 13.9. The van der Waals surface area contributed by atoms with Crippen LogP contribution in [0.1, 0.15) is 17.8 Å². The van der Waals surface area contributed by atoms with Gasteiger partial charge in [-0.25, -0.2) is 9.78 Å². The van der Waals surface area contributed by atoms with Gasteiger partial charge >= 0.3 is 0 Å². The van der Waals surface area contributed by atoms with Crippen LogP contribution in [0.25, 0.3) is 11.3 Å². The number of benzene rings is 1. The molecule has 9 nitrogen and oxygen atoms in total. The number of amides is 1. The largest absolute Gasteiger partial charge is 0.326 e. The molecule has 0 aliphatic rings. The summed E-state index contributed by atoms with van der Waals surface area (Å²) >= 11 is 0. The lowest BCUT2D eigenvalue weighted by molar-refractivity contribution is -0.116. The molecule has 0 saturated heterocycles. The van der Waals surface area contributed by atoms with Gasteiger partial charge in [0.1, 0.15) is 5.82 Å². The number of nitrogens with one attached hydrogen (secondary N) is 2. The summed E-state index contributed by atoms with van der Waals surface area (Å²) in [4.78, 5) is 23.3. The number of aryl methyl sites for hydroxylation is 3. The molecule has 2 heterocycles. The van der Waals surface area contributed by atoms with Gasteiger partial charge in [-0.3, -0.25) is 9.59 Å². The summed E-state index contributed by atoms with van der Waals surface area (Å²) in [5, 5.41) is 20.4. The lowest BCUT2D eigenvalue weighted by atomic mass is 10.1. The Morgan fingerprint density at radius 3 is 2.76 bits per heavy atom. The van der Waals surface area contributed by atoms with Crippen LogP contribution in [0.3, 0.4) is 0 Å². The van der Waals surface area contributed by atoms with E-state index in [4.69, 9.17) is 0 Å². The van der Waals surface area contributed by atoms with Crippen LogP contribution in [-0.4, -0.2) is 36.3 Å². The Bertz CT molecular complexity index is 941. The predicted octanol–water partition coefficient (Wildman–Crippen LogP) is 1.07. The van der Waals surface area contributed by atoms with Crippen LogP contribution in [-0.2, 0) is 11.3 Å². The minimum atomic E-state index is -0.262. The van der Waals surface area contributed by atoms with Gasteiger partial charge in [-0.15, -0.1) is 5.10 Å². The molecule has 0 radical (unpaired) electrons. The number of carbonyl (C=O) groups excluding carboxylic acids is 1. The maximum absolute atomic E-state index is 12.2. The standard InChI is InChI=1S/C16H17N7O2/c1-10-3-4-12(13-5-6-16(25)20-19-13)9-14(10)17-15(24)7-8-23-11(2)18-21-22-23/h3-6,9H,7-8H2,1-2H3,(H,17,24)(H,20,25). The van der Waals surface area contributed by atoms with E-state index in [0.29, 0.717) is 23.8 Å². The van der Waals surface area contributed by atoms with Crippen LogP contribution in [0.4, 0.5) is 5.69 Å². The van der Waals surface area contributed by atoms with Crippen LogP contribution in [0.5, 0.6) is 0 Å². The van der Waals surface area contributed by atoms with E-state index in [9.17, 15) is 9.59 Å². The zero-order chi connectivity index (χ0) is 17.8. The average Bonchev–Trinajstić information content (AvgIpc) is 3.01. The minimum Gasteiger partial charge on any atom is -0.326 e. The third-order valence-electron chi connectivity index (χ3n) is 3.75. The van der Waals surface area contributed by atoms with Crippen molar-refractivity contribution in [1.29, 1.82) is 0 Å². The van der Waals surface area contributed by atoms with Gasteiger partial charge < -0.3 is 5.32 Å². The Kier molecular flexibility index (Phi) is 4.64. The molecule has 2 aromatic heterocycles. The first kappa shape index (κ1) is 16.5. The first-order valence-corrected chi connectivity index (χ1v) is 7.72. The number of hydrogen-bond donors (Lipinski definition) is 2. The lowest BCUT2D eigenvalue weighted by Gasteiger charge is -2.10. The van der Waals surface area contributed by atoms with Crippen LogP contribution in [0.15, 0.2) is 35.1 Å². The highest BCUT2D eigenvalue weighted by atomic mass is 16.1. The number of H-pyrrole nitrogens is 1. The summed E-state index contributed by atoms with van der Waals surface area (Å²) < 4.78 is 1.58. The Morgan fingerprint density at radius 2 is 2.08 bits per heavy atom. The quantitative estimate of drug-likeness (QED) is 0.718. The van der Waals surface area contributed by atoms with Gasteiger partial charge in [-0.05, 0) is 42.0 Å². The Hall–Kier alpha value is -3.36. The second kappa shape index (κ2) is 7.04. The van der Waals surface area contributed by atoms with Crippen LogP contribution in [0.2, 0.25) is 0 Å². The van der Waals surface area contributed by atoms with Crippen LogP contribution >= 0.6 is 0 Å². The topological polar surface area (TPSA) is 118 Å². The molecule has 9 heteroatoms. The first-order valence-electron chi connectivity index (χ1n) is 7.72. The second-order valence-electron chi connectivity index (χ2n) is 5.58. The van der Waals surface area contributed by atoms with E-state index in [-0.39, 0.29) is 17.9 Å². The molecule has 0 spiro atoms. The second-order valence-corrected chi connectivity index (χ2v) is 5.58. The van der Waals surface area contributed by atoms with E-state index in [0.717, 1.165) is 11.1 Å². The molecule has 0 fully saturated rings. The number of rotatable bonds is 5. The van der Waals surface area contributed by atoms with Gasteiger partial charge in [0.25, 0.3) is 5.56 Å². The zero-order valence-electron chi connectivity index (χ0n) is 13.9. The molecule has 25 heavy (non-hydrogen) atoms. The molecular formula is C16H17N7O2. The molecule has 1 aromatic carbocycles. The number of nitrogens with zero attached hydrogens (tertiary/aromatic N) is 5. The van der Waals surface area contributed by atoms with Gasteiger partial charge in [0, 0.05) is 23.7 Å². The molecular weight excluding hydrogens is 322 g/mol. The van der Waals surface area contributed by atoms with Crippen LogP contribution in [0, 0.1) is 13.8 Å². The Morgan fingerprint density at radius 1 is 1.24 bits per heavy atom. The number of carbonyl (C=O) groups is 1.